The van der Waals surface area contributed by atoms with Crippen molar-refractivity contribution in [2.45, 2.75) is 0 Å². The van der Waals surface area contributed by atoms with Crippen LogP contribution < -0.4 is 5.73 Å². The molecule has 0 spiro atoms. The van der Waals surface area contributed by atoms with Crippen molar-refractivity contribution < 1.29 is 8.91 Å². The van der Waals surface area contributed by atoms with Gasteiger partial charge < -0.3 is 10.3 Å². The zero-order valence-corrected chi connectivity index (χ0v) is 8.72. The third kappa shape index (κ3) is 1.44. The maximum atomic E-state index is 13.4. The SMILES string of the molecule is Nc1c(F)ccc2onc(-c3ccncc3)c12. The molecular formula is C12H8FN3O. The highest BCUT2D eigenvalue weighted by atomic mass is 19.1. The Morgan fingerprint density at radius 1 is 1.12 bits per heavy atom. The van der Waals surface area contributed by atoms with E-state index in [1.54, 1.807) is 24.5 Å². The Labute approximate surface area is 95.9 Å². The first-order chi connectivity index (χ1) is 8.27. The van der Waals surface area contributed by atoms with Gasteiger partial charge in [-0.3, -0.25) is 4.98 Å². The highest BCUT2D eigenvalue weighted by molar-refractivity contribution is 6.00. The van der Waals surface area contributed by atoms with Gasteiger partial charge in [-0.15, -0.1) is 0 Å². The van der Waals surface area contributed by atoms with Crippen LogP contribution in [0.15, 0.2) is 41.2 Å². The van der Waals surface area contributed by atoms with Gasteiger partial charge in [0.15, 0.2) is 5.58 Å². The van der Waals surface area contributed by atoms with Crippen molar-refractivity contribution in [1.29, 1.82) is 0 Å². The van der Waals surface area contributed by atoms with E-state index in [1.165, 1.54) is 12.1 Å². The molecule has 0 saturated carbocycles. The largest absolute Gasteiger partial charge is 0.396 e. The van der Waals surface area contributed by atoms with E-state index in [0.717, 1.165) is 5.56 Å². The van der Waals surface area contributed by atoms with Gasteiger partial charge in [-0.1, -0.05) is 5.16 Å². The Morgan fingerprint density at radius 2 is 1.88 bits per heavy atom. The topological polar surface area (TPSA) is 64.9 Å². The summed E-state index contributed by atoms with van der Waals surface area (Å²) in [6, 6.07) is 6.31. The van der Waals surface area contributed by atoms with Crippen LogP contribution in [0.4, 0.5) is 10.1 Å². The molecule has 0 aliphatic heterocycles. The molecule has 0 amide bonds. The van der Waals surface area contributed by atoms with Gasteiger partial charge in [0.25, 0.3) is 0 Å². The lowest BCUT2D eigenvalue weighted by molar-refractivity contribution is 0.459. The number of fused-ring (bicyclic) bond motifs is 1. The van der Waals surface area contributed by atoms with Crippen molar-refractivity contribution in [2.75, 3.05) is 5.73 Å². The number of halogens is 1. The minimum absolute atomic E-state index is 0.0514. The lowest BCUT2D eigenvalue weighted by atomic mass is 10.1. The molecule has 0 fully saturated rings. The van der Waals surface area contributed by atoms with Crippen molar-refractivity contribution in [2.24, 2.45) is 0 Å². The van der Waals surface area contributed by atoms with Crippen LogP contribution in [-0.4, -0.2) is 10.1 Å². The molecule has 2 N–H and O–H groups in total. The molecule has 5 heteroatoms. The Bertz CT molecular complexity index is 679. The van der Waals surface area contributed by atoms with E-state index in [2.05, 4.69) is 10.1 Å². The molecule has 84 valence electrons. The second-order valence-corrected chi connectivity index (χ2v) is 3.60. The van der Waals surface area contributed by atoms with E-state index in [-0.39, 0.29) is 5.69 Å². The second kappa shape index (κ2) is 3.55. The van der Waals surface area contributed by atoms with Crippen LogP contribution in [0.3, 0.4) is 0 Å². The summed E-state index contributed by atoms with van der Waals surface area (Å²) >= 11 is 0. The van der Waals surface area contributed by atoms with E-state index in [4.69, 9.17) is 10.3 Å². The minimum atomic E-state index is -0.476. The van der Waals surface area contributed by atoms with Crippen LogP contribution in [0.25, 0.3) is 22.2 Å². The summed E-state index contributed by atoms with van der Waals surface area (Å²) in [5, 5.41) is 4.41. The average molecular weight is 229 g/mol. The molecule has 3 rings (SSSR count). The van der Waals surface area contributed by atoms with E-state index in [9.17, 15) is 4.39 Å². The van der Waals surface area contributed by atoms with Gasteiger partial charge in [-0.05, 0) is 24.3 Å². The number of hydrogen-bond donors (Lipinski definition) is 1. The Kier molecular flexibility index (Phi) is 2.04. The van der Waals surface area contributed by atoms with Crippen LogP contribution in [0.2, 0.25) is 0 Å². The molecule has 0 saturated heterocycles. The van der Waals surface area contributed by atoms with E-state index < -0.39 is 5.82 Å². The number of nitrogens with zero attached hydrogens (tertiary/aromatic N) is 2. The summed E-state index contributed by atoms with van der Waals surface area (Å²) in [5.74, 6) is -0.476. The number of anilines is 1. The molecule has 0 atom stereocenters. The molecule has 2 heterocycles. The molecule has 0 radical (unpaired) electrons. The fourth-order valence-corrected chi connectivity index (χ4v) is 1.74. The first-order valence-corrected chi connectivity index (χ1v) is 5.01. The molecule has 2 aromatic heterocycles. The van der Waals surface area contributed by atoms with Crippen LogP contribution in [-0.2, 0) is 0 Å². The molecule has 0 aliphatic rings. The van der Waals surface area contributed by atoms with E-state index >= 15 is 0 Å². The molecule has 3 aromatic rings. The Morgan fingerprint density at radius 3 is 2.65 bits per heavy atom. The number of rotatable bonds is 1. The predicted octanol–water partition coefficient (Wildman–Crippen LogP) is 2.61. The molecule has 1 aromatic carbocycles. The number of benzene rings is 1. The maximum Gasteiger partial charge on any atom is 0.169 e. The van der Waals surface area contributed by atoms with Gasteiger partial charge in [0, 0.05) is 18.0 Å². The number of pyridine rings is 1. The lowest BCUT2D eigenvalue weighted by Gasteiger charge is -1.99. The van der Waals surface area contributed by atoms with E-state index in [1.807, 2.05) is 0 Å². The summed E-state index contributed by atoms with van der Waals surface area (Å²) in [6.07, 6.45) is 3.26. The van der Waals surface area contributed by atoms with Crippen LogP contribution in [0, 0.1) is 5.82 Å². The first kappa shape index (κ1) is 9.77. The summed E-state index contributed by atoms with van der Waals surface area (Å²) < 4.78 is 18.5. The molecular weight excluding hydrogens is 221 g/mol. The minimum Gasteiger partial charge on any atom is -0.396 e. The monoisotopic (exact) mass is 229 g/mol. The Hall–Kier alpha value is -2.43. The molecule has 4 nitrogen and oxygen atoms in total. The highest BCUT2D eigenvalue weighted by Crippen LogP contribution is 2.33. The third-order valence-corrected chi connectivity index (χ3v) is 2.58. The number of nitrogen functional groups attached to an aromatic ring is 1. The fraction of sp³-hybridized carbons (Fsp3) is 0. The van der Waals surface area contributed by atoms with Gasteiger partial charge in [0.2, 0.25) is 0 Å². The zero-order chi connectivity index (χ0) is 11.8. The third-order valence-electron chi connectivity index (χ3n) is 2.58. The average Bonchev–Trinajstić information content (AvgIpc) is 2.79. The van der Waals surface area contributed by atoms with Gasteiger partial charge in [-0.2, -0.15) is 0 Å². The summed E-state index contributed by atoms with van der Waals surface area (Å²) in [5.41, 5.74) is 7.55. The molecule has 0 unspecified atom stereocenters. The van der Waals surface area contributed by atoms with Crippen LogP contribution >= 0.6 is 0 Å². The highest BCUT2D eigenvalue weighted by Gasteiger charge is 2.15. The van der Waals surface area contributed by atoms with Gasteiger partial charge in [0.05, 0.1) is 11.1 Å². The van der Waals surface area contributed by atoms with Crippen LogP contribution in [0.5, 0.6) is 0 Å². The predicted molar refractivity (Wildman–Crippen MR) is 61.6 cm³/mol. The van der Waals surface area contributed by atoms with Gasteiger partial charge in [-0.25, -0.2) is 4.39 Å². The van der Waals surface area contributed by atoms with Crippen LogP contribution in [0.1, 0.15) is 0 Å². The molecule has 17 heavy (non-hydrogen) atoms. The standard InChI is InChI=1S/C12H8FN3O/c13-8-1-2-9-10(11(8)14)12(16-17-9)7-3-5-15-6-4-7/h1-6H,14H2. The zero-order valence-electron chi connectivity index (χ0n) is 8.72. The fourth-order valence-electron chi connectivity index (χ4n) is 1.74. The Balaban J connectivity index is 2.35. The van der Waals surface area contributed by atoms with Gasteiger partial charge in [0.1, 0.15) is 11.5 Å². The quantitative estimate of drug-likeness (QED) is 0.651. The van der Waals surface area contributed by atoms with Crippen molar-refractivity contribution in [3.8, 4) is 11.3 Å². The van der Waals surface area contributed by atoms with Crippen molar-refractivity contribution in [1.82, 2.24) is 10.1 Å². The van der Waals surface area contributed by atoms with Crippen molar-refractivity contribution in [3.05, 3.63) is 42.5 Å². The first-order valence-electron chi connectivity index (χ1n) is 5.01. The number of nitrogens with two attached hydrogens (primary N) is 1. The van der Waals surface area contributed by atoms with Gasteiger partial charge >= 0.3 is 0 Å². The summed E-state index contributed by atoms with van der Waals surface area (Å²) in [6.45, 7) is 0. The lowest BCUT2D eigenvalue weighted by Crippen LogP contribution is -1.91. The van der Waals surface area contributed by atoms with Crippen molar-refractivity contribution in [3.63, 3.8) is 0 Å². The summed E-state index contributed by atoms with van der Waals surface area (Å²) in [7, 11) is 0. The molecule has 0 bridgehead atoms. The number of aromatic nitrogens is 2. The second-order valence-electron chi connectivity index (χ2n) is 3.60. The van der Waals surface area contributed by atoms with Crippen molar-refractivity contribution >= 4 is 16.7 Å². The number of hydrogen-bond acceptors (Lipinski definition) is 4. The van der Waals surface area contributed by atoms with E-state index in [0.29, 0.717) is 16.7 Å². The summed E-state index contributed by atoms with van der Waals surface area (Å²) in [4.78, 5) is 3.91. The molecule has 0 aliphatic carbocycles. The smallest absolute Gasteiger partial charge is 0.169 e. The normalized spacial score (nSPS) is 10.9. The maximum absolute atomic E-state index is 13.4.